The quantitative estimate of drug-likeness (QED) is 0.687. The van der Waals surface area contributed by atoms with E-state index in [-0.39, 0.29) is 0 Å². The first-order valence-electron chi connectivity index (χ1n) is 7.56. The summed E-state index contributed by atoms with van der Waals surface area (Å²) in [6.45, 7) is 0. The van der Waals surface area contributed by atoms with Crippen molar-refractivity contribution in [3.63, 3.8) is 0 Å². The summed E-state index contributed by atoms with van der Waals surface area (Å²) in [7, 11) is 0. The van der Waals surface area contributed by atoms with E-state index in [1.807, 2.05) is 12.5 Å². The molecule has 0 amide bonds. The second-order valence-corrected chi connectivity index (χ2v) is 5.97. The molecular formula is C17H20N2. The minimum Gasteiger partial charge on any atom is -0.323 e. The largest absolute Gasteiger partial charge is 0.323 e. The minimum atomic E-state index is 0.534. The molecule has 0 N–H and O–H groups in total. The van der Waals surface area contributed by atoms with Gasteiger partial charge in [-0.1, -0.05) is 49.9 Å². The molecular weight excluding hydrogens is 232 g/mol. The van der Waals surface area contributed by atoms with Gasteiger partial charge >= 0.3 is 0 Å². The van der Waals surface area contributed by atoms with Crippen LogP contribution in [0.1, 0.15) is 50.1 Å². The van der Waals surface area contributed by atoms with E-state index in [0.717, 1.165) is 5.92 Å². The summed E-state index contributed by atoms with van der Waals surface area (Å²) >= 11 is 0. The standard InChI is InChI=1S/C17H20N2/c1-2-4-8-13(7-3-1)17-15-10-6-5-9-14(15)16-11-18-12-19(16)17/h5-6,9-13,17H,1-4,7-8H2. The highest BCUT2D eigenvalue weighted by molar-refractivity contribution is 5.69. The molecule has 1 aromatic heterocycles. The van der Waals surface area contributed by atoms with Crippen LogP contribution in [-0.2, 0) is 0 Å². The summed E-state index contributed by atoms with van der Waals surface area (Å²) in [4.78, 5) is 4.37. The molecule has 0 spiro atoms. The SMILES string of the molecule is c1ccc2c(c1)-c1cncn1C2C1CCCCCC1. The van der Waals surface area contributed by atoms with Crippen LogP contribution in [0.2, 0.25) is 0 Å². The van der Waals surface area contributed by atoms with Gasteiger partial charge in [0.25, 0.3) is 0 Å². The van der Waals surface area contributed by atoms with E-state index in [9.17, 15) is 0 Å². The van der Waals surface area contributed by atoms with Crippen LogP contribution < -0.4 is 0 Å². The van der Waals surface area contributed by atoms with E-state index < -0.39 is 0 Å². The van der Waals surface area contributed by atoms with Crippen LogP contribution in [0.3, 0.4) is 0 Å². The lowest BCUT2D eigenvalue weighted by atomic mass is 9.87. The second-order valence-electron chi connectivity index (χ2n) is 5.97. The molecule has 1 aliphatic heterocycles. The summed E-state index contributed by atoms with van der Waals surface area (Å²) in [5.41, 5.74) is 4.23. The molecule has 1 unspecified atom stereocenters. The summed E-state index contributed by atoms with van der Waals surface area (Å²) in [5, 5.41) is 0. The van der Waals surface area contributed by atoms with E-state index in [1.165, 1.54) is 55.3 Å². The van der Waals surface area contributed by atoms with Gasteiger partial charge in [-0.05, 0) is 24.3 Å². The predicted molar refractivity (Wildman–Crippen MR) is 77.0 cm³/mol. The van der Waals surface area contributed by atoms with Gasteiger partial charge in [0.05, 0.1) is 24.3 Å². The van der Waals surface area contributed by atoms with E-state index >= 15 is 0 Å². The Morgan fingerprint density at radius 2 is 1.79 bits per heavy atom. The van der Waals surface area contributed by atoms with Crippen molar-refractivity contribution in [2.24, 2.45) is 5.92 Å². The van der Waals surface area contributed by atoms with Crippen molar-refractivity contribution >= 4 is 0 Å². The van der Waals surface area contributed by atoms with Crippen molar-refractivity contribution in [1.29, 1.82) is 0 Å². The van der Waals surface area contributed by atoms with Gasteiger partial charge in [-0.3, -0.25) is 0 Å². The molecule has 0 bridgehead atoms. The van der Waals surface area contributed by atoms with Gasteiger partial charge in [-0.2, -0.15) is 0 Å². The lowest BCUT2D eigenvalue weighted by Crippen LogP contribution is -2.16. The van der Waals surface area contributed by atoms with E-state index in [4.69, 9.17) is 0 Å². The van der Waals surface area contributed by atoms with Crippen LogP contribution >= 0.6 is 0 Å². The Morgan fingerprint density at radius 1 is 1.00 bits per heavy atom. The van der Waals surface area contributed by atoms with Crippen LogP contribution in [-0.4, -0.2) is 9.55 Å². The van der Waals surface area contributed by atoms with E-state index in [1.54, 1.807) is 0 Å². The molecule has 1 aliphatic carbocycles. The third kappa shape index (κ3) is 1.73. The zero-order valence-corrected chi connectivity index (χ0v) is 11.3. The Hall–Kier alpha value is -1.57. The number of imidazole rings is 1. The van der Waals surface area contributed by atoms with Crippen molar-refractivity contribution in [3.8, 4) is 11.3 Å². The van der Waals surface area contributed by atoms with Crippen LogP contribution in [0.15, 0.2) is 36.8 Å². The van der Waals surface area contributed by atoms with Crippen molar-refractivity contribution in [2.75, 3.05) is 0 Å². The van der Waals surface area contributed by atoms with Crippen molar-refractivity contribution in [3.05, 3.63) is 42.4 Å². The monoisotopic (exact) mass is 252 g/mol. The number of rotatable bonds is 1. The molecule has 1 atom stereocenters. The molecule has 2 heteroatoms. The highest BCUT2D eigenvalue weighted by atomic mass is 15.1. The number of hydrogen-bond donors (Lipinski definition) is 0. The third-order valence-corrected chi connectivity index (χ3v) is 4.87. The maximum Gasteiger partial charge on any atom is 0.0956 e. The van der Waals surface area contributed by atoms with Gasteiger partial charge < -0.3 is 4.57 Å². The average Bonchev–Trinajstić information content (AvgIpc) is 2.91. The van der Waals surface area contributed by atoms with Crippen molar-refractivity contribution in [2.45, 2.75) is 44.6 Å². The first-order chi connectivity index (χ1) is 9.45. The molecule has 2 aromatic rings. The Balaban J connectivity index is 1.79. The molecule has 0 saturated heterocycles. The number of hydrogen-bond acceptors (Lipinski definition) is 1. The topological polar surface area (TPSA) is 17.8 Å². The zero-order valence-electron chi connectivity index (χ0n) is 11.3. The minimum absolute atomic E-state index is 0.534. The summed E-state index contributed by atoms with van der Waals surface area (Å²) in [6, 6.07) is 9.43. The number of aromatic nitrogens is 2. The molecule has 4 rings (SSSR count). The first-order valence-corrected chi connectivity index (χ1v) is 7.56. The number of fused-ring (bicyclic) bond motifs is 3. The van der Waals surface area contributed by atoms with Crippen molar-refractivity contribution < 1.29 is 0 Å². The Morgan fingerprint density at radius 3 is 2.63 bits per heavy atom. The van der Waals surface area contributed by atoms with Gasteiger partial charge in [0.2, 0.25) is 0 Å². The maximum atomic E-state index is 4.37. The van der Waals surface area contributed by atoms with Crippen LogP contribution in [0.5, 0.6) is 0 Å². The molecule has 2 heterocycles. The van der Waals surface area contributed by atoms with Crippen LogP contribution in [0.4, 0.5) is 0 Å². The van der Waals surface area contributed by atoms with Gasteiger partial charge in [0.1, 0.15) is 0 Å². The Kier molecular flexibility index (Phi) is 2.68. The molecule has 0 radical (unpaired) electrons. The zero-order chi connectivity index (χ0) is 12.7. The molecule has 2 aliphatic rings. The lowest BCUT2D eigenvalue weighted by Gasteiger charge is -2.24. The molecule has 19 heavy (non-hydrogen) atoms. The fourth-order valence-electron chi connectivity index (χ4n) is 3.98. The summed E-state index contributed by atoms with van der Waals surface area (Å²) < 4.78 is 2.42. The van der Waals surface area contributed by atoms with Gasteiger partial charge in [0, 0.05) is 5.56 Å². The van der Waals surface area contributed by atoms with Gasteiger partial charge in [0.15, 0.2) is 0 Å². The number of nitrogens with zero attached hydrogens (tertiary/aromatic N) is 2. The molecule has 1 fully saturated rings. The highest BCUT2D eigenvalue weighted by Gasteiger charge is 2.33. The summed E-state index contributed by atoms with van der Waals surface area (Å²) in [6.07, 6.45) is 12.4. The predicted octanol–water partition coefficient (Wildman–Crippen LogP) is 4.42. The van der Waals surface area contributed by atoms with E-state index in [0.29, 0.717) is 6.04 Å². The normalized spacial score (nSPS) is 22.8. The van der Waals surface area contributed by atoms with Gasteiger partial charge in [-0.25, -0.2) is 4.98 Å². The Bertz CT molecular complexity index is 576. The van der Waals surface area contributed by atoms with Crippen LogP contribution in [0.25, 0.3) is 11.3 Å². The van der Waals surface area contributed by atoms with E-state index in [2.05, 4.69) is 33.8 Å². The van der Waals surface area contributed by atoms with Crippen LogP contribution in [0, 0.1) is 5.92 Å². The lowest BCUT2D eigenvalue weighted by molar-refractivity contribution is 0.348. The summed E-state index contributed by atoms with van der Waals surface area (Å²) in [5.74, 6) is 0.791. The third-order valence-electron chi connectivity index (χ3n) is 4.87. The smallest absolute Gasteiger partial charge is 0.0956 e. The Labute approximate surface area is 114 Å². The van der Waals surface area contributed by atoms with Crippen molar-refractivity contribution in [1.82, 2.24) is 9.55 Å². The number of benzene rings is 1. The first kappa shape index (κ1) is 11.3. The molecule has 1 saturated carbocycles. The molecule has 1 aromatic carbocycles. The molecule has 2 nitrogen and oxygen atoms in total. The highest BCUT2D eigenvalue weighted by Crippen LogP contribution is 2.46. The average molecular weight is 252 g/mol. The maximum absolute atomic E-state index is 4.37. The van der Waals surface area contributed by atoms with Gasteiger partial charge in [-0.15, -0.1) is 0 Å². The molecule has 98 valence electrons. The second kappa shape index (κ2) is 4.52. The fraction of sp³-hybridized carbons (Fsp3) is 0.471. The fourth-order valence-corrected chi connectivity index (χ4v) is 3.98.